The maximum atomic E-state index is 4.62. The van der Waals surface area contributed by atoms with Crippen molar-refractivity contribution in [2.75, 3.05) is 0 Å². The van der Waals surface area contributed by atoms with Crippen LogP contribution in [0.1, 0.15) is 59.3 Å². The number of hydrogen-bond acceptors (Lipinski definition) is 1. The van der Waals surface area contributed by atoms with E-state index in [4.69, 9.17) is 0 Å². The number of aliphatic imine (C=N–C) groups is 1. The second-order valence-electron chi connectivity index (χ2n) is 4.39. The Hall–Kier alpha value is -0.330. The van der Waals surface area contributed by atoms with Gasteiger partial charge in [-0.15, -0.1) is 0 Å². The largest absolute Gasteiger partial charge is 0.290 e. The molecule has 0 bridgehead atoms. The van der Waals surface area contributed by atoms with E-state index in [0.29, 0.717) is 5.54 Å². The highest BCUT2D eigenvalue weighted by Crippen LogP contribution is 2.37. The van der Waals surface area contributed by atoms with Crippen molar-refractivity contribution in [1.82, 2.24) is 0 Å². The van der Waals surface area contributed by atoms with Gasteiger partial charge in [0, 0.05) is 12.6 Å². The van der Waals surface area contributed by atoms with Crippen LogP contribution in [0.2, 0.25) is 0 Å². The minimum Gasteiger partial charge on any atom is -0.290 e. The first-order valence-corrected chi connectivity index (χ1v) is 5.79. The van der Waals surface area contributed by atoms with Gasteiger partial charge in [0.05, 0.1) is 5.54 Å². The molecule has 1 nitrogen and oxygen atoms in total. The summed E-state index contributed by atoms with van der Waals surface area (Å²) in [6.45, 7) is 6.89. The Labute approximate surface area is 82.6 Å². The smallest absolute Gasteiger partial charge is 0.0678 e. The molecule has 2 unspecified atom stereocenters. The molecule has 76 valence electrons. The first-order chi connectivity index (χ1) is 6.25. The Morgan fingerprint density at radius 3 is 2.46 bits per heavy atom. The lowest BCUT2D eigenvalue weighted by Gasteiger charge is -2.40. The van der Waals surface area contributed by atoms with Crippen molar-refractivity contribution in [3.05, 3.63) is 0 Å². The van der Waals surface area contributed by atoms with E-state index in [-0.39, 0.29) is 0 Å². The average Bonchev–Trinajstić information content (AvgIpc) is 2.08. The van der Waals surface area contributed by atoms with E-state index >= 15 is 0 Å². The lowest BCUT2D eigenvalue weighted by atomic mass is 9.74. The maximum absolute atomic E-state index is 4.62. The summed E-state index contributed by atoms with van der Waals surface area (Å²) in [6, 6.07) is 0. The van der Waals surface area contributed by atoms with Gasteiger partial charge in [-0.25, -0.2) is 0 Å². The van der Waals surface area contributed by atoms with Gasteiger partial charge in [0.1, 0.15) is 0 Å². The van der Waals surface area contributed by atoms with Crippen LogP contribution in [0.4, 0.5) is 0 Å². The van der Waals surface area contributed by atoms with Gasteiger partial charge in [-0.2, -0.15) is 0 Å². The lowest BCUT2D eigenvalue weighted by molar-refractivity contribution is 0.247. The van der Waals surface area contributed by atoms with E-state index in [1.165, 1.54) is 38.5 Å². The predicted octanol–water partition coefficient (Wildman–Crippen LogP) is 3.83. The second-order valence-corrected chi connectivity index (χ2v) is 4.39. The Bertz CT molecular complexity index is 174. The highest BCUT2D eigenvalue weighted by atomic mass is 14.9. The number of unbranched alkanes of at least 4 members (excludes halogenated alkanes) is 2. The summed E-state index contributed by atoms with van der Waals surface area (Å²) in [7, 11) is 0. The molecule has 0 N–H and O–H groups in total. The summed E-state index contributed by atoms with van der Waals surface area (Å²) in [4.78, 5) is 4.62. The zero-order chi connectivity index (χ0) is 9.73. The predicted molar refractivity (Wildman–Crippen MR) is 59.4 cm³/mol. The van der Waals surface area contributed by atoms with E-state index in [2.05, 4.69) is 32.0 Å². The summed E-state index contributed by atoms with van der Waals surface area (Å²) in [6.07, 6.45) is 9.95. The van der Waals surface area contributed by atoms with Crippen LogP contribution in [0, 0.1) is 5.92 Å². The van der Waals surface area contributed by atoms with E-state index < -0.39 is 0 Å². The summed E-state index contributed by atoms with van der Waals surface area (Å²) < 4.78 is 0. The van der Waals surface area contributed by atoms with E-state index in [1.807, 2.05) is 0 Å². The third kappa shape index (κ3) is 2.32. The molecule has 1 rings (SSSR count). The van der Waals surface area contributed by atoms with Crippen molar-refractivity contribution >= 4 is 6.21 Å². The molecular weight excluding hydrogens is 158 g/mol. The normalized spacial score (nSPS) is 28.5. The fourth-order valence-electron chi connectivity index (χ4n) is 2.13. The van der Waals surface area contributed by atoms with Crippen LogP contribution in [0.15, 0.2) is 4.99 Å². The molecule has 0 radical (unpaired) electrons. The molecule has 0 saturated heterocycles. The Morgan fingerprint density at radius 1 is 1.38 bits per heavy atom. The Balaban J connectivity index is 2.37. The van der Waals surface area contributed by atoms with Crippen LogP contribution >= 0.6 is 0 Å². The van der Waals surface area contributed by atoms with Crippen molar-refractivity contribution in [3.8, 4) is 0 Å². The number of hydrogen-bond donors (Lipinski definition) is 0. The molecule has 0 aromatic rings. The summed E-state index contributed by atoms with van der Waals surface area (Å²) >= 11 is 0. The topological polar surface area (TPSA) is 12.4 Å². The van der Waals surface area contributed by atoms with Crippen molar-refractivity contribution in [2.24, 2.45) is 10.9 Å². The number of rotatable bonds is 6. The highest BCUT2D eigenvalue weighted by molar-refractivity contribution is 5.66. The minimum atomic E-state index is 0.351. The van der Waals surface area contributed by atoms with Crippen LogP contribution in [-0.4, -0.2) is 11.8 Å². The molecule has 0 spiro atoms. The molecule has 13 heavy (non-hydrogen) atoms. The standard InChI is InChI=1S/C12H23N/c1-4-6-7-8-12(9-10-13-12)11(3)5-2/h10-11H,4-9H2,1-3H3. The first kappa shape index (κ1) is 10.7. The van der Waals surface area contributed by atoms with E-state index in [9.17, 15) is 0 Å². The monoisotopic (exact) mass is 181 g/mol. The number of nitrogens with zero attached hydrogens (tertiary/aromatic N) is 1. The molecule has 1 aliphatic rings. The third-order valence-corrected chi connectivity index (χ3v) is 3.54. The fraction of sp³-hybridized carbons (Fsp3) is 0.917. The summed E-state index contributed by atoms with van der Waals surface area (Å²) in [5, 5.41) is 0. The van der Waals surface area contributed by atoms with Gasteiger partial charge >= 0.3 is 0 Å². The van der Waals surface area contributed by atoms with Gasteiger partial charge in [-0.1, -0.05) is 46.5 Å². The quantitative estimate of drug-likeness (QED) is 0.552. The summed E-state index contributed by atoms with van der Waals surface area (Å²) in [5.74, 6) is 0.773. The molecule has 1 heteroatoms. The van der Waals surface area contributed by atoms with Crippen LogP contribution in [0.3, 0.4) is 0 Å². The fourth-order valence-corrected chi connectivity index (χ4v) is 2.13. The molecule has 0 aromatic carbocycles. The van der Waals surface area contributed by atoms with Gasteiger partial charge in [0.2, 0.25) is 0 Å². The van der Waals surface area contributed by atoms with Gasteiger partial charge in [0.15, 0.2) is 0 Å². The van der Waals surface area contributed by atoms with Crippen molar-refractivity contribution in [3.63, 3.8) is 0 Å². The maximum Gasteiger partial charge on any atom is 0.0678 e. The Kier molecular flexibility index (Phi) is 3.95. The molecule has 0 saturated carbocycles. The summed E-state index contributed by atoms with van der Waals surface area (Å²) in [5.41, 5.74) is 0.351. The van der Waals surface area contributed by atoms with Gasteiger partial charge in [0.25, 0.3) is 0 Å². The molecule has 0 aromatic heterocycles. The SMILES string of the molecule is CCCCCC1(C(C)CC)CC=N1. The molecule has 0 amide bonds. The third-order valence-electron chi connectivity index (χ3n) is 3.54. The van der Waals surface area contributed by atoms with Gasteiger partial charge < -0.3 is 0 Å². The zero-order valence-corrected chi connectivity index (χ0v) is 9.34. The molecule has 2 atom stereocenters. The minimum absolute atomic E-state index is 0.351. The van der Waals surface area contributed by atoms with Crippen LogP contribution < -0.4 is 0 Å². The second kappa shape index (κ2) is 4.78. The first-order valence-electron chi connectivity index (χ1n) is 5.79. The Morgan fingerprint density at radius 2 is 2.08 bits per heavy atom. The van der Waals surface area contributed by atoms with Crippen molar-refractivity contribution < 1.29 is 0 Å². The zero-order valence-electron chi connectivity index (χ0n) is 9.34. The van der Waals surface area contributed by atoms with Crippen LogP contribution in [-0.2, 0) is 0 Å². The van der Waals surface area contributed by atoms with Crippen LogP contribution in [0.25, 0.3) is 0 Å². The van der Waals surface area contributed by atoms with E-state index in [1.54, 1.807) is 0 Å². The highest BCUT2D eigenvalue weighted by Gasteiger charge is 2.37. The molecular formula is C12H23N. The molecule has 0 fully saturated rings. The van der Waals surface area contributed by atoms with E-state index in [0.717, 1.165) is 5.92 Å². The lowest BCUT2D eigenvalue weighted by Crippen LogP contribution is -2.40. The molecule has 1 aliphatic heterocycles. The van der Waals surface area contributed by atoms with Gasteiger partial charge in [-0.3, -0.25) is 4.99 Å². The van der Waals surface area contributed by atoms with Crippen LogP contribution in [0.5, 0.6) is 0 Å². The van der Waals surface area contributed by atoms with Crippen molar-refractivity contribution in [1.29, 1.82) is 0 Å². The van der Waals surface area contributed by atoms with Crippen molar-refractivity contribution in [2.45, 2.75) is 64.8 Å². The molecule has 1 heterocycles. The average molecular weight is 181 g/mol. The van der Waals surface area contributed by atoms with Gasteiger partial charge in [-0.05, 0) is 12.3 Å². The molecule has 0 aliphatic carbocycles.